The Hall–Kier alpha value is -3.50. The number of thioether (sulfide) groups is 1. The van der Waals surface area contributed by atoms with E-state index in [1.807, 2.05) is 55.1 Å². The fourth-order valence-electron chi connectivity index (χ4n) is 3.91. The molecule has 0 aliphatic carbocycles. The van der Waals surface area contributed by atoms with Crippen molar-refractivity contribution in [2.24, 2.45) is 0 Å². The third-order valence-electron chi connectivity index (χ3n) is 5.83. The van der Waals surface area contributed by atoms with Crippen LogP contribution in [0.5, 0.6) is 0 Å². The van der Waals surface area contributed by atoms with Crippen LogP contribution in [-0.2, 0) is 12.3 Å². The fourth-order valence-corrected chi connectivity index (χ4v) is 4.77. The van der Waals surface area contributed by atoms with Crippen molar-refractivity contribution in [1.29, 1.82) is 0 Å². The van der Waals surface area contributed by atoms with E-state index < -0.39 is 0 Å². The molecule has 1 amide bonds. The van der Waals surface area contributed by atoms with Gasteiger partial charge in [0, 0.05) is 49.8 Å². The van der Waals surface area contributed by atoms with Crippen LogP contribution >= 0.6 is 11.8 Å². The van der Waals surface area contributed by atoms with E-state index in [2.05, 4.69) is 25.2 Å². The van der Waals surface area contributed by atoms with Crippen molar-refractivity contribution >= 4 is 17.7 Å². The monoisotopic (exact) mass is 490 g/mol. The zero-order valence-electron chi connectivity index (χ0n) is 19.7. The number of piperazine rings is 1. The summed E-state index contributed by atoms with van der Waals surface area (Å²) in [6.45, 7) is 7.18. The Kier molecular flexibility index (Phi) is 6.91. The van der Waals surface area contributed by atoms with Crippen LogP contribution in [0.15, 0.2) is 62.7 Å². The van der Waals surface area contributed by atoms with Gasteiger partial charge in [0.25, 0.3) is 5.91 Å². The maximum atomic E-state index is 13.3. The third kappa shape index (κ3) is 5.60. The number of amides is 1. The van der Waals surface area contributed by atoms with Crippen LogP contribution in [0.4, 0.5) is 0 Å². The molecule has 0 bridgehead atoms. The van der Waals surface area contributed by atoms with E-state index in [4.69, 9.17) is 9.05 Å². The molecule has 10 heteroatoms. The summed E-state index contributed by atoms with van der Waals surface area (Å²) in [5.74, 6) is 2.53. The Balaban J connectivity index is 1.16. The zero-order valence-corrected chi connectivity index (χ0v) is 20.5. The molecular formula is C25H26N6O3S. The van der Waals surface area contributed by atoms with Crippen molar-refractivity contribution in [3.8, 4) is 11.4 Å². The summed E-state index contributed by atoms with van der Waals surface area (Å²) < 4.78 is 10.6. The first-order chi connectivity index (χ1) is 17.0. The normalized spacial score (nSPS) is 14.4. The van der Waals surface area contributed by atoms with Gasteiger partial charge >= 0.3 is 0 Å². The van der Waals surface area contributed by atoms with Gasteiger partial charge in [-0.1, -0.05) is 51.9 Å². The third-order valence-corrected chi connectivity index (χ3v) is 6.87. The average molecular weight is 491 g/mol. The lowest BCUT2D eigenvalue weighted by molar-refractivity contribution is 0.0611. The van der Waals surface area contributed by atoms with Crippen LogP contribution < -0.4 is 0 Å². The second-order valence-corrected chi connectivity index (χ2v) is 9.48. The van der Waals surface area contributed by atoms with Gasteiger partial charge in [-0.05, 0) is 26.0 Å². The largest absolute Gasteiger partial charge is 0.361 e. The van der Waals surface area contributed by atoms with Crippen LogP contribution in [0.25, 0.3) is 11.4 Å². The summed E-state index contributed by atoms with van der Waals surface area (Å²) in [6, 6.07) is 13.6. The molecule has 0 spiro atoms. The first kappa shape index (κ1) is 23.3. The number of carbonyl (C=O) groups is 1. The van der Waals surface area contributed by atoms with E-state index in [1.165, 1.54) is 17.3 Å². The molecule has 4 aromatic rings. The van der Waals surface area contributed by atoms with Crippen molar-refractivity contribution in [3.05, 3.63) is 77.1 Å². The number of carbonyl (C=O) groups excluding carboxylic acids is 1. The van der Waals surface area contributed by atoms with Gasteiger partial charge in [-0.3, -0.25) is 9.69 Å². The minimum atomic E-state index is -0.00368. The fraction of sp³-hybridized carbons (Fsp3) is 0.320. The van der Waals surface area contributed by atoms with E-state index in [9.17, 15) is 4.79 Å². The van der Waals surface area contributed by atoms with Gasteiger partial charge in [0.15, 0.2) is 0 Å². The first-order valence-electron chi connectivity index (χ1n) is 11.5. The molecule has 1 saturated heterocycles. The Labute approximate surface area is 207 Å². The Bertz CT molecular complexity index is 1290. The molecule has 4 heterocycles. The number of hydrogen-bond donors (Lipinski definition) is 0. The number of rotatable bonds is 7. The molecule has 1 aliphatic rings. The van der Waals surface area contributed by atoms with E-state index in [-0.39, 0.29) is 5.91 Å². The molecule has 1 fully saturated rings. The van der Waals surface area contributed by atoms with Gasteiger partial charge in [0.2, 0.25) is 11.7 Å². The molecule has 0 N–H and O–H groups in total. The molecule has 3 aromatic heterocycles. The lowest BCUT2D eigenvalue weighted by Gasteiger charge is -2.34. The summed E-state index contributed by atoms with van der Waals surface area (Å²) in [5, 5.41) is 8.84. The van der Waals surface area contributed by atoms with Gasteiger partial charge in [-0.15, -0.1) is 0 Å². The highest BCUT2D eigenvalue weighted by atomic mass is 32.2. The van der Waals surface area contributed by atoms with E-state index in [1.54, 1.807) is 12.3 Å². The topological polar surface area (TPSA) is 101 Å². The van der Waals surface area contributed by atoms with E-state index >= 15 is 0 Å². The molecule has 0 radical (unpaired) electrons. The van der Waals surface area contributed by atoms with Gasteiger partial charge in [0.05, 0.1) is 17.8 Å². The second kappa shape index (κ2) is 10.4. The number of benzene rings is 1. The Morgan fingerprint density at radius 3 is 2.57 bits per heavy atom. The smallest absolute Gasteiger partial charge is 0.256 e. The average Bonchev–Trinajstić information content (AvgIpc) is 3.52. The van der Waals surface area contributed by atoms with Crippen LogP contribution in [0.1, 0.15) is 33.3 Å². The SMILES string of the molecule is Cc1ccc(-c2noc(CN3CCN(C(=O)c4cccnc4SCc4cc(C)on4)CC3)n2)cc1. The number of hydrogen-bond acceptors (Lipinski definition) is 9. The van der Waals surface area contributed by atoms with Crippen LogP contribution in [-0.4, -0.2) is 62.2 Å². The molecule has 5 rings (SSSR count). The summed E-state index contributed by atoms with van der Waals surface area (Å²) in [6.07, 6.45) is 1.71. The first-order valence-corrected chi connectivity index (χ1v) is 12.4. The summed E-state index contributed by atoms with van der Waals surface area (Å²) >= 11 is 1.49. The molecule has 0 unspecified atom stereocenters. The molecule has 0 saturated carbocycles. The number of aryl methyl sites for hydroxylation is 2. The standard InChI is InChI=1S/C25H26N6O3S/c1-17-5-7-19(8-6-17)23-27-22(34-29-23)15-30-10-12-31(13-11-30)25(32)21-4-3-9-26-24(21)35-16-20-14-18(2)33-28-20/h3-9,14H,10-13,15-16H2,1-2H3. The quantitative estimate of drug-likeness (QED) is 0.356. The summed E-state index contributed by atoms with van der Waals surface area (Å²) in [5.41, 5.74) is 3.57. The van der Waals surface area contributed by atoms with Gasteiger partial charge in [0.1, 0.15) is 10.8 Å². The lowest BCUT2D eigenvalue weighted by atomic mass is 10.1. The van der Waals surface area contributed by atoms with Crippen molar-refractivity contribution < 1.29 is 13.8 Å². The minimum absolute atomic E-state index is 0.00368. The van der Waals surface area contributed by atoms with Crippen LogP contribution in [0.2, 0.25) is 0 Å². The van der Waals surface area contributed by atoms with E-state index in [0.29, 0.717) is 47.7 Å². The van der Waals surface area contributed by atoms with Gasteiger partial charge in [-0.25, -0.2) is 4.98 Å². The second-order valence-electron chi connectivity index (χ2n) is 8.52. The molecule has 1 aliphatic heterocycles. The molecule has 35 heavy (non-hydrogen) atoms. The predicted octanol–water partition coefficient (Wildman–Crippen LogP) is 3.99. The summed E-state index contributed by atoms with van der Waals surface area (Å²) in [7, 11) is 0. The highest BCUT2D eigenvalue weighted by Gasteiger charge is 2.25. The number of pyridine rings is 1. The molecule has 9 nitrogen and oxygen atoms in total. The van der Waals surface area contributed by atoms with Crippen molar-refractivity contribution in [1.82, 2.24) is 30.1 Å². The molecular weight excluding hydrogens is 464 g/mol. The minimum Gasteiger partial charge on any atom is -0.361 e. The maximum absolute atomic E-state index is 13.3. The maximum Gasteiger partial charge on any atom is 0.256 e. The Morgan fingerprint density at radius 2 is 1.83 bits per heavy atom. The van der Waals surface area contributed by atoms with Gasteiger partial charge in [-0.2, -0.15) is 4.98 Å². The van der Waals surface area contributed by atoms with Crippen LogP contribution in [0, 0.1) is 13.8 Å². The number of nitrogens with zero attached hydrogens (tertiary/aromatic N) is 6. The molecule has 180 valence electrons. The van der Waals surface area contributed by atoms with Crippen molar-refractivity contribution in [2.45, 2.75) is 31.2 Å². The molecule has 0 atom stereocenters. The zero-order chi connectivity index (χ0) is 24.2. The van der Waals surface area contributed by atoms with Crippen molar-refractivity contribution in [2.75, 3.05) is 26.2 Å². The highest BCUT2D eigenvalue weighted by molar-refractivity contribution is 7.98. The van der Waals surface area contributed by atoms with E-state index in [0.717, 1.165) is 30.1 Å². The van der Waals surface area contributed by atoms with Crippen LogP contribution in [0.3, 0.4) is 0 Å². The molecule has 1 aromatic carbocycles. The van der Waals surface area contributed by atoms with Gasteiger partial charge < -0.3 is 13.9 Å². The Morgan fingerprint density at radius 1 is 1.03 bits per heavy atom. The lowest BCUT2D eigenvalue weighted by Crippen LogP contribution is -2.48. The highest BCUT2D eigenvalue weighted by Crippen LogP contribution is 2.25. The summed E-state index contributed by atoms with van der Waals surface area (Å²) in [4.78, 5) is 26.3. The predicted molar refractivity (Wildman–Crippen MR) is 131 cm³/mol. The van der Waals surface area contributed by atoms with Crippen molar-refractivity contribution in [3.63, 3.8) is 0 Å². The number of aromatic nitrogens is 4.